The lowest BCUT2D eigenvalue weighted by atomic mass is 10.7. The van der Waals surface area contributed by atoms with E-state index < -0.39 is 0 Å². The van der Waals surface area contributed by atoms with Crippen LogP contribution < -0.4 is 4.74 Å². The van der Waals surface area contributed by atoms with Crippen molar-refractivity contribution < 1.29 is 9.84 Å². The molecule has 0 aliphatic carbocycles. The molecule has 72 valence electrons. The summed E-state index contributed by atoms with van der Waals surface area (Å²) in [7, 11) is 1.49. The van der Waals surface area contributed by atoms with E-state index in [4.69, 9.17) is 21.4 Å². The summed E-state index contributed by atoms with van der Waals surface area (Å²) in [4.78, 5) is 7.84. The molecule has 0 atom stereocenters. The first kappa shape index (κ1) is 10.6. The highest BCUT2D eigenvalue weighted by Crippen LogP contribution is 2.25. The van der Waals surface area contributed by atoms with Crippen molar-refractivity contribution in [1.29, 1.82) is 0 Å². The Labute approximate surface area is 85.3 Å². The summed E-state index contributed by atoms with van der Waals surface area (Å²) in [6.07, 6.45) is 1.48. The van der Waals surface area contributed by atoms with E-state index in [0.717, 1.165) is 0 Å². The van der Waals surface area contributed by atoms with Gasteiger partial charge in [-0.15, -0.1) is 11.8 Å². The number of hydrogen-bond acceptors (Lipinski definition) is 5. The number of methoxy groups -OCH3 is 1. The van der Waals surface area contributed by atoms with E-state index in [1.807, 2.05) is 0 Å². The smallest absolute Gasteiger partial charge is 0.317 e. The maximum absolute atomic E-state index is 8.61. The molecule has 1 N–H and O–H groups in total. The van der Waals surface area contributed by atoms with E-state index in [1.165, 1.54) is 25.1 Å². The van der Waals surface area contributed by atoms with Crippen molar-refractivity contribution in [1.82, 2.24) is 9.97 Å². The molecule has 1 heterocycles. The number of rotatable bonds is 4. The molecule has 0 aliphatic rings. The molecule has 0 aromatic carbocycles. The van der Waals surface area contributed by atoms with Crippen LogP contribution in [0.3, 0.4) is 0 Å². The second kappa shape index (κ2) is 5.26. The fourth-order valence-corrected chi connectivity index (χ4v) is 1.55. The molecule has 6 heteroatoms. The van der Waals surface area contributed by atoms with Gasteiger partial charge in [0.2, 0.25) is 0 Å². The van der Waals surface area contributed by atoms with Crippen LogP contribution in [0.25, 0.3) is 0 Å². The van der Waals surface area contributed by atoms with Crippen LogP contribution in [0.4, 0.5) is 0 Å². The topological polar surface area (TPSA) is 55.2 Å². The highest BCUT2D eigenvalue weighted by molar-refractivity contribution is 7.99. The molecular formula is C7H9ClN2O2S. The molecule has 0 unspecified atom stereocenters. The Bertz CT molecular complexity index is 285. The van der Waals surface area contributed by atoms with Gasteiger partial charge in [-0.2, -0.15) is 4.98 Å². The number of aliphatic hydroxyl groups is 1. The summed E-state index contributed by atoms with van der Waals surface area (Å²) >= 11 is 7.17. The van der Waals surface area contributed by atoms with Crippen molar-refractivity contribution in [3.8, 4) is 6.01 Å². The number of aromatic nitrogens is 2. The number of nitrogens with zero attached hydrogens (tertiary/aromatic N) is 2. The summed E-state index contributed by atoms with van der Waals surface area (Å²) < 4.78 is 4.83. The zero-order valence-corrected chi connectivity index (χ0v) is 8.60. The maximum Gasteiger partial charge on any atom is 0.317 e. The zero-order chi connectivity index (χ0) is 9.68. The summed E-state index contributed by atoms with van der Waals surface area (Å²) in [5.41, 5.74) is 0. The average Bonchev–Trinajstić information content (AvgIpc) is 2.17. The zero-order valence-electron chi connectivity index (χ0n) is 7.03. The van der Waals surface area contributed by atoms with Crippen LogP contribution in [-0.4, -0.2) is 34.5 Å². The Hall–Kier alpha value is -0.520. The molecule has 4 nitrogen and oxygen atoms in total. The number of halogens is 1. The lowest BCUT2D eigenvalue weighted by molar-refractivity contribution is 0.322. The van der Waals surface area contributed by atoms with Crippen molar-refractivity contribution in [2.24, 2.45) is 0 Å². The van der Waals surface area contributed by atoms with Gasteiger partial charge in [0.25, 0.3) is 0 Å². The lowest BCUT2D eigenvalue weighted by Crippen LogP contribution is -1.95. The highest BCUT2D eigenvalue weighted by Gasteiger charge is 2.05. The largest absolute Gasteiger partial charge is 0.467 e. The van der Waals surface area contributed by atoms with Crippen LogP contribution in [0.15, 0.2) is 11.2 Å². The van der Waals surface area contributed by atoms with Crippen molar-refractivity contribution in [2.45, 2.75) is 5.03 Å². The summed E-state index contributed by atoms with van der Waals surface area (Å²) in [6, 6.07) is 0.282. The second-order valence-electron chi connectivity index (χ2n) is 2.08. The van der Waals surface area contributed by atoms with Gasteiger partial charge in [0, 0.05) is 5.75 Å². The average molecular weight is 221 g/mol. The van der Waals surface area contributed by atoms with Gasteiger partial charge < -0.3 is 9.84 Å². The van der Waals surface area contributed by atoms with Gasteiger partial charge in [-0.1, -0.05) is 11.6 Å². The van der Waals surface area contributed by atoms with E-state index >= 15 is 0 Å². The quantitative estimate of drug-likeness (QED) is 0.611. The van der Waals surface area contributed by atoms with Crippen molar-refractivity contribution in [3.63, 3.8) is 0 Å². The van der Waals surface area contributed by atoms with Gasteiger partial charge in [-0.3, -0.25) is 0 Å². The third-order valence-electron chi connectivity index (χ3n) is 1.20. The molecule has 1 aromatic heterocycles. The minimum absolute atomic E-state index is 0.0906. The van der Waals surface area contributed by atoms with Crippen LogP contribution in [0, 0.1) is 0 Å². The predicted molar refractivity (Wildman–Crippen MR) is 51.4 cm³/mol. The first-order chi connectivity index (χ1) is 6.27. The normalized spacial score (nSPS) is 10.1. The molecule has 1 rings (SSSR count). The molecule has 0 saturated carbocycles. The number of aliphatic hydroxyl groups excluding tert-OH is 1. The minimum Gasteiger partial charge on any atom is -0.467 e. The first-order valence-corrected chi connectivity index (χ1v) is 4.94. The van der Waals surface area contributed by atoms with Gasteiger partial charge in [0.15, 0.2) is 0 Å². The van der Waals surface area contributed by atoms with Crippen LogP contribution in [0.2, 0.25) is 5.02 Å². The van der Waals surface area contributed by atoms with E-state index in [9.17, 15) is 0 Å². The van der Waals surface area contributed by atoms with Crippen LogP contribution in [0.1, 0.15) is 0 Å². The van der Waals surface area contributed by atoms with E-state index in [0.29, 0.717) is 15.8 Å². The van der Waals surface area contributed by atoms with Crippen molar-refractivity contribution in [3.05, 3.63) is 11.2 Å². The SMILES string of the molecule is COc1ncc(Cl)c(SCCO)n1. The first-order valence-electron chi connectivity index (χ1n) is 3.58. The Morgan fingerprint density at radius 2 is 2.46 bits per heavy atom. The monoisotopic (exact) mass is 220 g/mol. The standard InChI is InChI=1S/C7H9ClN2O2S/c1-12-7-9-4-5(8)6(10-7)13-3-2-11/h4,11H,2-3H2,1H3. The summed E-state index contributed by atoms with van der Waals surface area (Å²) in [5.74, 6) is 0.555. The molecule has 0 saturated heterocycles. The van der Waals surface area contributed by atoms with Crippen molar-refractivity contribution in [2.75, 3.05) is 19.5 Å². The molecule has 0 spiro atoms. The van der Waals surface area contributed by atoms with Gasteiger partial charge >= 0.3 is 6.01 Å². The molecule has 0 aliphatic heterocycles. The van der Waals surface area contributed by atoms with Crippen LogP contribution in [-0.2, 0) is 0 Å². The number of ether oxygens (including phenoxy) is 1. The van der Waals surface area contributed by atoms with E-state index in [1.54, 1.807) is 0 Å². The number of thioether (sulfide) groups is 1. The van der Waals surface area contributed by atoms with E-state index in [-0.39, 0.29) is 12.6 Å². The van der Waals surface area contributed by atoms with Crippen LogP contribution in [0.5, 0.6) is 6.01 Å². The molecule has 1 aromatic rings. The Balaban J connectivity index is 2.78. The Morgan fingerprint density at radius 3 is 3.08 bits per heavy atom. The van der Waals surface area contributed by atoms with Gasteiger partial charge in [0.1, 0.15) is 5.03 Å². The molecule has 0 bridgehead atoms. The van der Waals surface area contributed by atoms with Gasteiger partial charge in [-0.05, 0) is 0 Å². The van der Waals surface area contributed by atoms with Gasteiger partial charge in [-0.25, -0.2) is 4.98 Å². The second-order valence-corrected chi connectivity index (χ2v) is 3.57. The molecule has 0 radical (unpaired) electrons. The fraction of sp³-hybridized carbons (Fsp3) is 0.429. The minimum atomic E-state index is 0.0906. The van der Waals surface area contributed by atoms with Gasteiger partial charge in [0.05, 0.1) is 24.9 Å². The number of hydrogen-bond donors (Lipinski definition) is 1. The fourth-order valence-electron chi connectivity index (χ4n) is 0.678. The van der Waals surface area contributed by atoms with Crippen molar-refractivity contribution >= 4 is 23.4 Å². The van der Waals surface area contributed by atoms with Crippen LogP contribution >= 0.6 is 23.4 Å². The maximum atomic E-state index is 8.61. The summed E-state index contributed by atoms with van der Waals surface area (Å²) in [5, 5.41) is 9.71. The lowest BCUT2D eigenvalue weighted by Gasteiger charge is -2.02. The Kier molecular flexibility index (Phi) is 4.27. The molecular weight excluding hydrogens is 212 g/mol. The Morgan fingerprint density at radius 1 is 1.69 bits per heavy atom. The predicted octanol–water partition coefficient (Wildman–Crippen LogP) is 1.22. The summed E-state index contributed by atoms with van der Waals surface area (Å²) in [6.45, 7) is 0.0906. The van der Waals surface area contributed by atoms with E-state index in [2.05, 4.69) is 9.97 Å². The molecule has 0 fully saturated rings. The highest BCUT2D eigenvalue weighted by atomic mass is 35.5. The third kappa shape index (κ3) is 3.02. The molecule has 0 amide bonds. The third-order valence-corrected chi connectivity index (χ3v) is 2.56. The molecule has 13 heavy (non-hydrogen) atoms.